The van der Waals surface area contributed by atoms with E-state index in [4.69, 9.17) is 9.47 Å². The second kappa shape index (κ2) is 8.73. The van der Waals surface area contributed by atoms with Gasteiger partial charge in [0.05, 0.1) is 29.7 Å². The molecule has 3 heterocycles. The van der Waals surface area contributed by atoms with Crippen LogP contribution in [0.2, 0.25) is 0 Å². The third-order valence-electron chi connectivity index (χ3n) is 5.49. The van der Waals surface area contributed by atoms with Crippen molar-refractivity contribution in [3.8, 4) is 0 Å². The number of rotatable bonds is 3. The Morgan fingerprint density at radius 2 is 1.86 bits per heavy atom. The van der Waals surface area contributed by atoms with Crippen LogP contribution >= 0.6 is 0 Å². The molecule has 1 fully saturated rings. The molecule has 154 valence electrons. The van der Waals surface area contributed by atoms with Crippen molar-refractivity contribution in [2.75, 3.05) is 32.9 Å². The van der Waals surface area contributed by atoms with Crippen molar-refractivity contribution < 1.29 is 19.1 Å². The number of carbonyl (C=O) groups excluding carboxylic acids is 2. The average molecular weight is 399 g/mol. The maximum absolute atomic E-state index is 12.9. The zero-order chi connectivity index (χ0) is 20.2. The van der Waals surface area contributed by atoms with E-state index in [0.717, 1.165) is 37.9 Å². The van der Waals surface area contributed by atoms with Gasteiger partial charge in [0.2, 0.25) is 0 Å². The maximum atomic E-state index is 12.9. The lowest BCUT2D eigenvalue weighted by molar-refractivity contribution is -0.138. The molecule has 0 atom stereocenters. The van der Waals surface area contributed by atoms with Crippen molar-refractivity contribution in [2.24, 2.45) is 0 Å². The summed E-state index contributed by atoms with van der Waals surface area (Å²) >= 11 is 0. The smallest absolute Gasteiger partial charge is 0.338 e. The van der Waals surface area contributed by atoms with E-state index in [2.05, 4.69) is 4.98 Å². The number of aryl methyl sites for hydroxylation is 1. The number of amides is 1. The quantitative estimate of drug-likeness (QED) is 0.727. The molecule has 0 saturated carbocycles. The van der Waals surface area contributed by atoms with E-state index in [0.29, 0.717) is 43.8 Å². The molecule has 0 bridgehead atoms. The highest BCUT2D eigenvalue weighted by Crippen LogP contribution is 2.17. The second-order valence-corrected chi connectivity index (χ2v) is 7.45. The van der Waals surface area contributed by atoms with E-state index < -0.39 is 5.97 Å². The number of hydrogen-bond donors (Lipinski definition) is 0. The number of hydrogen-bond acceptors (Lipinski definition) is 6. The summed E-state index contributed by atoms with van der Waals surface area (Å²) in [4.78, 5) is 43.7. The van der Waals surface area contributed by atoms with Gasteiger partial charge >= 0.3 is 5.97 Å². The lowest BCUT2D eigenvalue weighted by Gasteiger charge is -2.26. The Balaban J connectivity index is 1.51. The molecule has 0 aliphatic carbocycles. The highest BCUT2D eigenvalue weighted by Gasteiger charge is 2.20. The molecular formula is C21H25N3O5. The van der Waals surface area contributed by atoms with Gasteiger partial charge in [-0.3, -0.25) is 14.2 Å². The Hall–Kier alpha value is -2.74. The molecule has 1 aromatic carbocycles. The minimum atomic E-state index is -0.595. The number of esters is 1. The molecule has 0 N–H and O–H groups in total. The summed E-state index contributed by atoms with van der Waals surface area (Å²) in [5, 5.41) is 0.496. The highest BCUT2D eigenvalue weighted by atomic mass is 16.5. The molecule has 8 nitrogen and oxygen atoms in total. The van der Waals surface area contributed by atoms with Crippen LogP contribution in [0.3, 0.4) is 0 Å². The number of benzene rings is 1. The largest absolute Gasteiger partial charge is 0.452 e. The second-order valence-electron chi connectivity index (χ2n) is 7.45. The van der Waals surface area contributed by atoms with E-state index in [1.54, 1.807) is 27.7 Å². The van der Waals surface area contributed by atoms with Gasteiger partial charge in [0, 0.05) is 26.1 Å². The molecule has 1 aromatic heterocycles. The highest BCUT2D eigenvalue weighted by molar-refractivity contribution is 5.95. The third kappa shape index (κ3) is 4.32. The molecule has 1 saturated heterocycles. The first-order valence-corrected chi connectivity index (χ1v) is 10.2. The van der Waals surface area contributed by atoms with Crippen molar-refractivity contribution in [1.29, 1.82) is 0 Å². The van der Waals surface area contributed by atoms with Gasteiger partial charge in [-0.25, -0.2) is 9.78 Å². The topological polar surface area (TPSA) is 90.7 Å². The maximum Gasteiger partial charge on any atom is 0.338 e. The zero-order valence-electron chi connectivity index (χ0n) is 16.4. The Labute approximate surface area is 168 Å². The Kier molecular flexibility index (Phi) is 5.89. The standard InChI is InChI=1S/C21H25N3O5/c25-19(23-9-11-28-12-10-23)14-29-21(27)15-6-7-16-17(13-15)22-18-5-3-1-2-4-8-24(18)20(16)26/h6-7,13H,1-5,8-12,14H2. The Morgan fingerprint density at radius 1 is 1.07 bits per heavy atom. The van der Waals surface area contributed by atoms with E-state index >= 15 is 0 Å². The van der Waals surface area contributed by atoms with E-state index in [1.165, 1.54) is 0 Å². The van der Waals surface area contributed by atoms with Crippen LogP contribution in [0.4, 0.5) is 0 Å². The number of morpholine rings is 1. The predicted molar refractivity (Wildman–Crippen MR) is 106 cm³/mol. The molecule has 0 radical (unpaired) electrons. The van der Waals surface area contributed by atoms with Crippen molar-refractivity contribution in [3.05, 3.63) is 39.9 Å². The minimum Gasteiger partial charge on any atom is -0.452 e. The number of ether oxygens (including phenoxy) is 2. The summed E-state index contributed by atoms with van der Waals surface area (Å²) in [5.74, 6) is -0.0578. The molecule has 1 amide bonds. The Bertz CT molecular complexity index is 978. The first-order valence-electron chi connectivity index (χ1n) is 10.2. The number of nitrogens with zero attached hydrogens (tertiary/aromatic N) is 3. The van der Waals surface area contributed by atoms with Crippen molar-refractivity contribution in [1.82, 2.24) is 14.5 Å². The van der Waals surface area contributed by atoms with Gasteiger partial charge in [0.15, 0.2) is 6.61 Å². The van der Waals surface area contributed by atoms with E-state index in [9.17, 15) is 14.4 Å². The van der Waals surface area contributed by atoms with Crippen molar-refractivity contribution in [2.45, 2.75) is 38.6 Å². The van der Waals surface area contributed by atoms with Gasteiger partial charge in [0.1, 0.15) is 5.82 Å². The van der Waals surface area contributed by atoms with Gasteiger partial charge < -0.3 is 14.4 Å². The SMILES string of the molecule is O=C(OCC(=O)N1CCOCC1)c1ccc2c(=O)n3c(nc2c1)CCCCCC3. The summed E-state index contributed by atoms with van der Waals surface area (Å²) in [5.41, 5.74) is 0.722. The lowest BCUT2D eigenvalue weighted by atomic mass is 10.1. The molecule has 29 heavy (non-hydrogen) atoms. The Morgan fingerprint density at radius 3 is 2.69 bits per heavy atom. The van der Waals surface area contributed by atoms with Crippen LogP contribution in [-0.4, -0.2) is 59.2 Å². The first kappa shape index (κ1) is 19.6. The van der Waals surface area contributed by atoms with Crippen LogP contribution in [0.5, 0.6) is 0 Å². The molecular weight excluding hydrogens is 374 g/mol. The first-order chi connectivity index (χ1) is 14.1. The zero-order valence-corrected chi connectivity index (χ0v) is 16.4. The summed E-state index contributed by atoms with van der Waals surface area (Å²) in [7, 11) is 0. The number of aromatic nitrogens is 2. The fourth-order valence-corrected chi connectivity index (χ4v) is 3.84. The van der Waals surface area contributed by atoms with Crippen molar-refractivity contribution in [3.63, 3.8) is 0 Å². The molecule has 2 aliphatic rings. The number of fused-ring (bicyclic) bond motifs is 2. The fourth-order valence-electron chi connectivity index (χ4n) is 3.84. The van der Waals surface area contributed by atoms with Crippen LogP contribution in [0, 0.1) is 0 Å². The van der Waals surface area contributed by atoms with Crippen molar-refractivity contribution >= 4 is 22.8 Å². The van der Waals surface area contributed by atoms with Crippen LogP contribution in [-0.2, 0) is 27.2 Å². The molecule has 0 spiro atoms. The molecule has 2 aliphatic heterocycles. The van der Waals surface area contributed by atoms with Gasteiger partial charge in [-0.2, -0.15) is 0 Å². The predicted octanol–water partition coefficient (Wildman–Crippen LogP) is 1.53. The summed E-state index contributed by atoms with van der Waals surface area (Å²) in [6, 6.07) is 4.76. The van der Waals surface area contributed by atoms with Gasteiger partial charge in [-0.1, -0.05) is 12.8 Å². The van der Waals surface area contributed by atoms with Crippen LogP contribution in [0.25, 0.3) is 10.9 Å². The molecule has 4 rings (SSSR count). The molecule has 0 unspecified atom stereocenters. The third-order valence-corrected chi connectivity index (χ3v) is 5.49. The van der Waals surface area contributed by atoms with Gasteiger partial charge in [-0.15, -0.1) is 0 Å². The fraction of sp³-hybridized carbons (Fsp3) is 0.524. The van der Waals surface area contributed by atoms with Crippen LogP contribution in [0.15, 0.2) is 23.0 Å². The summed E-state index contributed by atoms with van der Waals surface area (Å²) < 4.78 is 12.2. The van der Waals surface area contributed by atoms with E-state index in [1.807, 2.05) is 0 Å². The van der Waals surface area contributed by atoms with Gasteiger partial charge in [0.25, 0.3) is 11.5 Å². The molecule has 8 heteroatoms. The minimum absolute atomic E-state index is 0.0608. The van der Waals surface area contributed by atoms with E-state index in [-0.39, 0.29) is 23.6 Å². The van der Waals surface area contributed by atoms with Gasteiger partial charge in [-0.05, 0) is 31.0 Å². The lowest BCUT2D eigenvalue weighted by Crippen LogP contribution is -2.42. The summed E-state index contributed by atoms with van der Waals surface area (Å²) in [6.07, 6.45) is 4.99. The number of carbonyl (C=O) groups is 2. The van der Waals surface area contributed by atoms with Crippen LogP contribution in [0.1, 0.15) is 41.9 Å². The summed E-state index contributed by atoms with van der Waals surface area (Å²) in [6.45, 7) is 2.38. The monoisotopic (exact) mass is 399 g/mol. The molecule has 2 aromatic rings. The van der Waals surface area contributed by atoms with Crippen LogP contribution < -0.4 is 5.56 Å². The average Bonchev–Trinajstić information content (AvgIpc) is 2.73. The normalized spacial score (nSPS) is 17.3.